The fourth-order valence-corrected chi connectivity index (χ4v) is 6.27. The van der Waals surface area contributed by atoms with Crippen LogP contribution in [0.15, 0.2) is 21.7 Å². The van der Waals surface area contributed by atoms with Gasteiger partial charge in [0.2, 0.25) is 5.91 Å². The SMILES string of the molecule is CNC(=O)CC1CCOC2(CCN(S(=O)(=O)c3cccs3)CC2)C1. The Morgan fingerprint density at radius 3 is 2.83 bits per heavy atom. The summed E-state index contributed by atoms with van der Waals surface area (Å²) in [6, 6.07) is 3.41. The first kappa shape index (κ1) is 17.8. The summed E-state index contributed by atoms with van der Waals surface area (Å²) in [4.78, 5) is 11.6. The molecule has 134 valence electrons. The number of sulfonamides is 1. The molecule has 8 heteroatoms. The third kappa shape index (κ3) is 3.66. The monoisotopic (exact) mass is 372 g/mol. The summed E-state index contributed by atoms with van der Waals surface area (Å²) in [6.45, 7) is 1.61. The molecule has 1 atom stereocenters. The van der Waals surface area contributed by atoms with Gasteiger partial charge < -0.3 is 10.1 Å². The maximum absolute atomic E-state index is 12.6. The van der Waals surface area contributed by atoms with Gasteiger partial charge in [-0.25, -0.2) is 8.42 Å². The van der Waals surface area contributed by atoms with Gasteiger partial charge in [0.05, 0.1) is 5.60 Å². The van der Waals surface area contributed by atoms with Gasteiger partial charge in [-0.3, -0.25) is 4.79 Å². The van der Waals surface area contributed by atoms with Gasteiger partial charge in [-0.2, -0.15) is 4.31 Å². The van der Waals surface area contributed by atoms with Gasteiger partial charge in [0.15, 0.2) is 0 Å². The zero-order chi connectivity index (χ0) is 17.2. The lowest BCUT2D eigenvalue weighted by molar-refractivity contribution is -0.132. The summed E-state index contributed by atoms with van der Waals surface area (Å²) in [7, 11) is -1.72. The van der Waals surface area contributed by atoms with E-state index in [2.05, 4.69) is 5.32 Å². The number of thiophene rings is 1. The fourth-order valence-electron chi connectivity index (χ4n) is 3.69. The van der Waals surface area contributed by atoms with Crippen LogP contribution in [0.25, 0.3) is 0 Å². The normalized spacial score (nSPS) is 24.8. The van der Waals surface area contributed by atoms with Crippen molar-refractivity contribution in [2.45, 2.75) is 41.9 Å². The Morgan fingerprint density at radius 1 is 1.46 bits per heavy atom. The zero-order valence-corrected chi connectivity index (χ0v) is 15.5. The van der Waals surface area contributed by atoms with Crippen molar-refractivity contribution in [1.29, 1.82) is 0 Å². The summed E-state index contributed by atoms with van der Waals surface area (Å²) in [6.07, 6.45) is 3.65. The summed E-state index contributed by atoms with van der Waals surface area (Å²) in [5.41, 5.74) is -0.265. The predicted molar refractivity (Wildman–Crippen MR) is 92.4 cm³/mol. The van der Waals surface area contributed by atoms with E-state index in [-0.39, 0.29) is 11.5 Å². The lowest BCUT2D eigenvalue weighted by atomic mass is 9.78. The molecule has 1 unspecified atom stereocenters. The summed E-state index contributed by atoms with van der Waals surface area (Å²) in [5.74, 6) is 0.383. The highest BCUT2D eigenvalue weighted by molar-refractivity contribution is 7.91. The molecule has 0 radical (unpaired) electrons. The first-order valence-corrected chi connectivity index (χ1v) is 10.7. The quantitative estimate of drug-likeness (QED) is 0.875. The number of hydrogen-bond donors (Lipinski definition) is 1. The number of rotatable bonds is 4. The number of ether oxygens (including phenoxy) is 1. The van der Waals surface area contributed by atoms with Crippen LogP contribution in [0.4, 0.5) is 0 Å². The summed E-state index contributed by atoms with van der Waals surface area (Å²) >= 11 is 1.25. The van der Waals surface area contributed by atoms with E-state index < -0.39 is 10.0 Å². The topological polar surface area (TPSA) is 75.7 Å². The van der Waals surface area contributed by atoms with Crippen molar-refractivity contribution in [2.24, 2.45) is 5.92 Å². The number of carbonyl (C=O) groups is 1. The largest absolute Gasteiger partial charge is 0.375 e. The molecular formula is C16H24N2O4S2. The van der Waals surface area contributed by atoms with Gasteiger partial charge in [-0.05, 0) is 43.0 Å². The zero-order valence-electron chi connectivity index (χ0n) is 13.9. The molecule has 0 bridgehead atoms. The van der Waals surface area contributed by atoms with Crippen LogP contribution in [0, 0.1) is 5.92 Å². The molecule has 2 fully saturated rings. The Hall–Kier alpha value is -0.960. The summed E-state index contributed by atoms with van der Waals surface area (Å²) in [5, 5.41) is 4.46. The van der Waals surface area contributed by atoms with Crippen molar-refractivity contribution in [3.63, 3.8) is 0 Å². The minimum atomic E-state index is -3.38. The van der Waals surface area contributed by atoms with Crippen molar-refractivity contribution in [2.75, 3.05) is 26.7 Å². The third-order valence-corrected chi connectivity index (χ3v) is 8.34. The molecule has 1 spiro atoms. The van der Waals surface area contributed by atoms with Crippen LogP contribution < -0.4 is 5.32 Å². The van der Waals surface area contributed by atoms with E-state index >= 15 is 0 Å². The van der Waals surface area contributed by atoms with Gasteiger partial charge in [-0.1, -0.05) is 6.07 Å². The van der Waals surface area contributed by atoms with Crippen molar-refractivity contribution < 1.29 is 17.9 Å². The second kappa shape index (κ2) is 7.11. The van der Waals surface area contributed by atoms with Gasteiger partial charge >= 0.3 is 0 Å². The average Bonchev–Trinajstić information content (AvgIpc) is 3.10. The van der Waals surface area contributed by atoms with E-state index in [1.807, 2.05) is 0 Å². The smallest absolute Gasteiger partial charge is 0.252 e. The Labute approximate surface area is 147 Å². The Kier molecular flexibility index (Phi) is 5.29. The molecule has 2 saturated heterocycles. The summed E-state index contributed by atoms with van der Waals surface area (Å²) < 4.78 is 33.2. The number of nitrogens with one attached hydrogen (secondary N) is 1. The second-order valence-electron chi connectivity index (χ2n) is 6.60. The van der Waals surface area contributed by atoms with Crippen LogP contribution in [-0.4, -0.2) is 51.0 Å². The van der Waals surface area contributed by atoms with Gasteiger partial charge in [0, 0.05) is 33.2 Å². The first-order chi connectivity index (χ1) is 11.5. The van der Waals surface area contributed by atoms with E-state index in [0.717, 1.165) is 12.8 Å². The van der Waals surface area contributed by atoms with Crippen molar-refractivity contribution >= 4 is 27.3 Å². The van der Waals surface area contributed by atoms with Crippen molar-refractivity contribution in [3.05, 3.63) is 17.5 Å². The minimum absolute atomic E-state index is 0.0646. The van der Waals surface area contributed by atoms with Crippen molar-refractivity contribution in [3.8, 4) is 0 Å². The van der Waals surface area contributed by atoms with Crippen molar-refractivity contribution in [1.82, 2.24) is 9.62 Å². The van der Waals surface area contributed by atoms with Crippen LogP contribution in [0.1, 0.15) is 32.1 Å². The van der Waals surface area contributed by atoms with E-state index in [9.17, 15) is 13.2 Å². The number of piperidine rings is 1. The first-order valence-electron chi connectivity index (χ1n) is 8.33. The number of carbonyl (C=O) groups excluding carboxylic acids is 1. The number of nitrogens with zero attached hydrogens (tertiary/aromatic N) is 1. The van der Waals surface area contributed by atoms with E-state index in [1.54, 1.807) is 28.9 Å². The molecule has 0 aliphatic carbocycles. The number of hydrogen-bond acceptors (Lipinski definition) is 5. The maximum Gasteiger partial charge on any atom is 0.252 e. The lowest BCUT2D eigenvalue weighted by Crippen LogP contribution is -2.50. The van der Waals surface area contributed by atoms with Gasteiger partial charge in [0.1, 0.15) is 4.21 Å². The second-order valence-corrected chi connectivity index (χ2v) is 9.72. The molecule has 3 heterocycles. The third-order valence-electron chi connectivity index (χ3n) is 5.07. The van der Waals surface area contributed by atoms with E-state index in [4.69, 9.17) is 4.74 Å². The highest BCUT2D eigenvalue weighted by Crippen LogP contribution is 2.40. The fraction of sp³-hybridized carbons (Fsp3) is 0.688. The molecular weight excluding hydrogens is 348 g/mol. The van der Waals surface area contributed by atoms with Crippen LogP contribution in [0.5, 0.6) is 0 Å². The maximum atomic E-state index is 12.6. The van der Waals surface area contributed by atoms with Crippen LogP contribution in [-0.2, 0) is 19.6 Å². The Morgan fingerprint density at radius 2 is 2.21 bits per heavy atom. The molecule has 1 amide bonds. The molecule has 0 aromatic carbocycles. The molecule has 0 saturated carbocycles. The number of amides is 1. The van der Waals surface area contributed by atoms with E-state index in [1.165, 1.54) is 11.3 Å². The minimum Gasteiger partial charge on any atom is -0.375 e. The molecule has 2 aliphatic heterocycles. The predicted octanol–water partition coefficient (Wildman–Crippen LogP) is 1.83. The van der Waals surface area contributed by atoms with Gasteiger partial charge in [-0.15, -0.1) is 11.3 Å². The van der Waals surface area contributed by atoms with Gasteiger partial charge in [0.25, 0.3) is 10.0 Å². The van der Waals surface area contributed by atoms with Crippen LogP contribution in [0.2, 0.25) is 0 Å². The molecule has 2 aliphatic rings. The highest BCUT2D eigenvalue weighted by Gasteiger charge is 2.43. The Balaban J connectivity index is 1.63. The van der Waals surface area contributed by atoms with E-state index in [0.29, 0.717) is 49.1 Å². The Bertz CT molecular complexity index is 664. The lowest BCUT2D eigenvalue weighted by Gasteiger charge is -2.45. The molecule has 1 aromatic heterocycles. The average molecular weight is 373 g/mol. The molecule has 1 N–H and O–H groups in total. The van der Waals surface area contributed by atoms with Crippen LogP contribution >= 0.6 is 11.3 Å². The molecule has 3 rings (SSSR count). The molecule has 6 nitrogen and oxygen atoms in total. The standard InChI is InChI=1S/C16H24N2O4S2/c1-17-14(19)11-13-4-9-22-16(12-13)5-7-18(8-6-16)24(20,21)15-3-2-10-23-15/h2-3,10,13H,4-9,11-12H2,1H3,(H,17,19). The highest BCUT2D eigenvalue weighted by atomic mass is 32.2. The van der Waals surface area contributed by atoms with Crippen LogP contribution in [0.3, 0.4) is 0 Å². The molecule has 24 heavy (non-hydrogen) atoms. The molecule has 1 aromatic rings.